The predicted molar refractivity (Wildman–Crippen MR) is 125 cm³/mol. The first-order chi connectivity index (χ1) is 14.7. The number of benzene rings is 1. The van der Waals surface area contributed by atoms with Crippen molar-refractivity contribution in [3.05, 3.63) is 35.4 Å². The summed E-state index contributed by atoms with van der Waals surface area (Å²) in [5.74, 6) is 0.919. The van der Waals surface area contributed by atoms with Gasteiger partial charge >= 0.3 is 0 Å². The minimum atomic E-state index is 0.704. The largest absolute Gasteiger partial charge is 0.379 e. The molecule has 6 heteroatoms. The number of likely N-dealkylation sites (tertiary alicyclic amines) is 1. The van der Waals surface area contributed by atoms with Crippen LogP contribution in [0.1, 0.15) is 50.7 Å². The second kappa shape index (κ2) is 12.9. The minimum absolute atomic E-state index is 0.704. The van der Waals surface area contributed by atoms with E-state index in [1.165, 1.54) is 43.5 Å². The third-order valence-corrected chi connectivity index (χ3v) is 6.12. The summed E-state index contributed by atoms with van der Waals surface area (Å²) in [5.41, 5.74) is 2.62. The van der Waals surface area contributed by atoms with Crippen molar-refractivity contribution in [2.45, 2.75) is 58.7 Å². The van der Waals surface area contributed by atoms with E-state index >= 15 is 0 Å². The molecule has 2 aliphatic heterocycles. The Morgan fingerprint density at radius 3 is 2.77 bits per heavy atom. The number of guanidine groups is 1. The van der Waals surface area contributed by atoms with Crippen LogP contribution >= 0.6 is 0 Å². The van der Waals surface area contributed by atoms with Gasteiger partial charge in [-0.25, -0.2) is 4.99 Å². The van der Waals surface area contributed by atoms with Crippen LogP contribution in [-0.4, -0.2) is 74.3 Å². The van der Waals surface area contributed by atoms with Crippen LogP contribution in [0.15, 0.2) is 29.3 Å². The van der Waals surface area contributed by atoms with E-state index in [0.29, 0.717) is 6.54 Å². The van der Waals surface area contributed by atoms with Gasteiger partial charge in [0.25, 0.3) is 0 Å². The van der Waals surface area contributed by atoms with Crippen LogP contribution in [0.2, 0.25) is 0 Å². The average Bonchev–Trinajstić information content (AvgIpc) is 2.77. The number of ether oxygens (including phenoxy) is 1. The zero-order valence-corrected chi connectivity index (χ0v) is 19.0. The van der Waals surface area contributed by atoms with Crippen LogP contribution in [0.5, 0.6) is 0 Å². The molecule has 0 spiro atoms. The molecule has 2 fully saturated rings. The van der Waals surface area contributed by atoms with Crippen LogP contribution < -0.4 is 10.6 Å². The van der Waals surface area contributed by atoms with Crippen molar-refractivity contribution in [3.63, 3.8) is 0 Å². The number of rotatable bonds is 9. The molecule has 30 heavy (non-hydrogen) atoms. The van der Waals surface area contributed by atoms with E-state index in [2.05, 4.69) is 58.5 Å². The van der Waals surface area contributed by atoms with Crippen molar-refractivity contribution < 1.29 is 4.74 Å². The maximum Gasteiger partial charge on any atom is 0.191 e. The maximum absolute atomic E-state index is 5.45. The van der Waals surface area contributed by atoms with E-state index in [-0.39, 0.29) is 0 Å². The average molecular weight is 416 g/mol. The highest BCUT2D eigenvalue weighted by atomic mass is 16.5. The Hall–Kier alpha value is -1.63. The summed E-state index contributed by atoms with van der Waals surface area (Å²) in [7, 11) is 0. The fourth-order valence-corrected chi connectivity index (χ4v) is 4.33. The number of hydrogen-bond acceptors (Lipinski definition) is 4. The van der Waals surface area contributed by atoms with Crippen molar-refractivity contribution in [2.75, 3.05) is 52.5 Å². The number of nitrogens with one attached hydrogen (secondary N) is 2. The molecule has 0 bridgehead atoms. The Bertz CT molecular complexity index is 644. The molecule has 0 radical (unpaired) electrons. The highest BCUT2D eigenvalue weighted by Gasteiger charge is 2.17. The molecule has 2 aliphatic rings. The fraction of sp³-hybridized carbons (Fsp3) is 0.708. The van der Waals surface area contributed by atoms with Crippen LogP contribution in [0, 0.1) is 0 Å². The van der Waals surface area contributed by atoms with E-state index < -0.39 is 0 Å². The third-order valence-electron chi connectivity index (χ3n) is 6.12. The van der Waals surface area contributed by atoms with E-state index in [0.717, 1.165) is 64.4 Å². The van der Waals surface area contributed by atoms with Gasteiger partial charge in [0, 0.05) is 45.3 Å². The van der Waals surface area contributed by atoms with Crippen molar-refractivity contribution in [1.29, 1.82) is 0 Å². The molecule has 1 aromatic carbocycles. The zero-order valence-electron chi connectivity index (χ0n) is 19.0. The molecule has 1 atom stereocenters. The molecule has 2 N–H and O–H groups in total. The highest BCUT2D eigenvalue weighted by Crippen LogP contribution is 2.16. The summed E-state index contributed by atoms with van der Waals surface area (Å²) in [4.78, 5) is 9.91. The lowest BCUT2D eigenvalue weighted by atomic mass is 10.0. The van der Waals surface area contributed by atoms with Gasteiger partial charge in [0.2, 0.25) is 0 Å². The first-order valence-corrected chi connectivity index (χ1v) is 11.9. The summed E-state index contributed by atoms with van der Waals surface area (Å²) in [6, 6.07) is 9.58. The van der Waals surface area contributed by atoms with E-state index in [4.69, 9.17) is 9.73 Å². The van der Waals surface area contributed by atoms with Crippen LogP contribution in [0.4, 0.5) is 0 Å². The number of nitrogens with zero attached hydrogens (tertiary/aromatic N) is 3. The molecule has 0 amide bonds. The Kier molecular flexibility index (Phi) is 9.93. The molecule has 6 nitrogen and oxygen atoms in total. The normalized spacial score (nSPS) is 21.5. The Labute approximate surface area is 183 Å². The van der Waals surface area contributed by atoms with E-state index in [9.17, 15) is 0 Å². The van der Waals surface area contributed by atoms with Gasteiger partial charge < -0.3 is 20.3 Å². The lowest BCUT2D eigenvalue weighted by Gasteiger charge is -2.33. The summed E-state index contributed by atoms with van der Waals surface area (Å²) in [5, 5.41) is 6.90. The molecule has 168 valence electrons. The van der Waals surface area contributed by atoms with Crippen LogP contribution in [-0.2, 0) is 17.8 Å². The Balaban J connectivity index is 1.44. The maximum atomic E-state index is 5.45. The molecule has 1 aromatic rings. The molecular weight excluding hydrogens is 374 g/mol. The molecule has 0 saturated carbocycles. The standard InChI is InChI=1S/C24H41N5O/c1-3-25-24(26-11-7-13-29-12-5-4-8-21(29)2)27-19-22-9-6-10-23(18-22)20-28-14-16-30-17-15-28/h6,9-10,18,21H,3-5,7-8,11-17,19-20H2,1-2H3,(H2,25,26,27). The van der Waals surface area contributed by atoms with Crippen LogP contribution in [0.25, 0.3) is 0 Å². The van der Waals surface area contributed by atoms with E-state index in [1.807, 2.05) is 0 Å². The summed E-state index contributed by atoms with van der Waals surface area (Å²) < 4.78 is 5.45. The second-order valence-electron chi connectivity index (χ2n) is 8.56. The SMILES string of the molecule is CCNC(=NCc1cccc(CN2CCOCC2)c1)NCCCN1CCCCC1C. The number of aliphatic imine (C=N–C) groups is 1. The van der Waals surface area contributed by atoms with Gasteiger partial charge in [-0.2, -0.15) is 0 Å². The molecule has 0 aliphatic carbocycles. The van der Waals surface area contributed by atoms with Crippen molar-refractivity contribution in [2.24, 2.45) is 4.99 Å². The van der Waals surface area contributed by atoms with E-state index in [1.54, 1.807) is 0 Å². The van der Waals surface area contributed by atoms with Gasteiger partial charge in [0.1, 0.15) is 0 Å². The lowest BCUT2D eigenvalue weighted by molar-refractivity contribution is 0.0342. The van der Waals surface area contributed by atoms with Crippen molar-refractivity contribution in [3.8, 4) is 0 Å². The monoisotopic (exact) mass is 415 g/mol. The van der Waals surface area contributed by atoms with Gasteiger partial charge in [0.15, 0.2) is 5.96 Å². The molecule has 3 rings (SSSR count). The summed E-state index contributed by atoms with van der Waals surface area (Å²) in [6.45, 7) is 14.2. The van der Waals surface area contributed by atoms with Gasteiger partial charge in [-0.1, -0.05) is 30.7 Å². The van der Waals surface area contributed by atoms with Gasteiger partial charge in [-0.15, -0.1) is 0 Å². The van der Waals surface area contributed by atoms with Gasteiger partial charge in [0.05, 0.1) is 19.8 Å². The summed E-state index contributed by atoms with van der Waals surface area (Å²) in [6.07, 6.45) is 5.25. The Morgan fingerprint density at radius 2 is 1.97 bits per heavy atom. The molecule has 2 heterocycles. The third kappa shape index (κ3) is 7.89. The molecule has 0 aromatic heterocycles. The first kappa shape index (κ1) is 23.0. The second-order valence-corrected chi connectivity index (χ2v) is 8.56. The van der Waals surface area contributed by atoms with Crippen molar-refractivity contribution >= 4 is 5.96 Å². The zero-order chi connectivity index (χ0) is 21.0. The number of piperidine rings is 1. The highest BCUT2D eigenvalue weighted by molar-refractivity contribution is 5.79. The van der Waals surface area contributed by atoms with Gasteiger partial charge in [-0.3, -0.25) is 4.90 Å². The van der Waals surface area contributed by atoms with Crippen molar-refractivity contribution in [1.82, 2.24) is 20.4 Å². The topological polar surface area (TPSA) is 52.1 Å². The van der Waals surface area contributed by atoms with Gasteiger partial charge in [-0.05, 0) is 50.8 Å². The Morgan fingerprint density at radius 1 is 1.13 bits per heavy atom. The number of hydrogen-bond donors (Lipinski definition) is 2. The summed E-state index contributed by atoms with van der Waals surface area (Å²) >= 11 is 0. The van der Waals surface area contributed by atoms with Crippen LogP contribution in [0.3, 0.4) is 0 Å². The molecular formula is C24H41N5O. The first-order valence-electron chi connectivity index (χ1n) is 11.9. The minimum Gasteiger partial charge on any atom is -0.379 e. The fourth-order valence-electron chi connectivity index (χ4n) is 4.33. The molecule has 2 saturated heterocycles. The smallest absolute Gasteiger partial charge is 0.191 e. The molecule has 1 unspecified atom stereocenters. The number of morpholine rings is 1. The lowest BCUT2D eigenvalue weighted by Crippen LogP contribution is -2.41. The predicted octanol–water partition coefficient (Wildman–Crippen LogP) is 2.84. The quantitative estimate of drug-likeness (QED) is 0.369.